The second-order valence-corrected chi connectivity index (χ2v) is 8.66. The summed E-state index contributed by atoms with van der Waals surface area (Å²) in [5, 5.41) is 9.45. The van der Waals surface area contributed by atoms with Gasteiger partial charge in [-0.05, 0) is 69.8 Å². The third-order valence-corrected chi connectivity index (χ3v) is 5.74. The van der Waals surface area contributed by atoms with Crippen molar-refractivity contribution in [2.24, 2.45) is 0 Å². The van der Waals surface area contributed by atoms with Crippen LogP contribution in [0.1, 0.15) is 36.8 Å². The first-order chi connectivity index (χ1) is 15.9. The van der Waals surface area contributed by atoms with E-state index in [2.05, 4.69) is 18.2 Å². The van der Waals surface area contributed by atoms with E-state index in [1.54, 1.807) is 0 Å². The standard InChI is InChI=1S/C27H33NO5.ClH/c1-28(2)18-22(33-27(31)24-14-8-7-13-23(24)26(29)30)19-32-25-15-9-6-12-21(25)17-16-20-10-4-3-5-11-20;/h3-6,9-12,15,22H,7-8,13-14,16-19H2,1-2H3,(H,29,30);1H. The maximum atomic E-state index is 12.8. The maximum absolute atomic E-state index is 12.8. The van der Waals surface area contributed by atoms with E-state index in [-0.39, 0.29) is 24.6 Å². The topological polar surface area (TPSA) is 76.1 Å². The lowest BCUT2D eigenvalue weighted by Crippen LogP contribution is -2.36. The van der Waals surface area contributed by atoms with Gasteiger partial charge in [-0.1, -0.05) is 48.5 Å². The van der Waals surface area contributed by atoms with Gasteiger partial charge in [0.05, 0.1) is 0 Å². The van der Waals surface area contributed by atoms with E-state index in [1.165, 1.54) is 5.56 Å². The molecule has 0 amide bonds. The molecule has 6 nitrogen and oxygen atoms in total. The zero-order chi connectivity index (χ0) is 23.6. The summed E-state index contributed by atoms with van der Waals surface area (Å²) >= 11 is 0. The number of hydrogen-bond acceptors (Lipinski definition) is 5. The molecular weight excluding hydrogens is 454 g/mol. The molecule has 1 unspecified atom stereocenters. The van der Waals surface area contributed by atoms with Crippen LogP contribution in [0, 0.1) is 0 Å². The number of likely N-dealkylation sites (N-methyl/N-ethyl adjacent to an activating group) is 1. The largest absolute Gasteiger partial charge is 0.489 e. The highest BCUT2D eigenvalue weighted by atomic mass is 35.5. The summed E-state index contributed by atoms with van der Waals surface area (Å²) < 4.78 is 11.9. The zero-order valence-corrected chi connectivity index (χ0v) is 20.7. The van der Waals surface area contributed by atoms with Gasteiger partial charge in [-0.3, -0.25) is 0 Å². The average Bonchev–Trinajstić information content (AvgIpc) is 2.82. The van der Waals surface area contributed by atoms with Crippen molar-refractivity contribution in [1.82, 2.24) is 4.90 Å². The van der Waals surface area contributed by atoms with Crippen LogP contribution in [-0.4, -0.2) is 55.3 Å². The summed E-state index contributed by atoms with van der Waals surface area (Å²) in [4.78, 5) is 26.3. The summed E-state index contributed by atoms with van der Waals surface area (Å²) in [5.41, 5.74) is 2.84. The number of carboxylic acids is 1. The number of halogens is 1. The Balaban J connectivity index is 0.00000408. The molecule has 0 spiro atoms. The van der Waals surface area contributed by atoms with Crippen molar-refractivity contribution in [3.8, 4) is 5.75 Å². The lowest BCUT2D eigenvalue weighted by molar-refractivity contribution is -0.147. The van der Waals surface area contributed by atoms with Crippen molar-refractivity contribution >= 4 is 24.3 Å². The number of carboxylic acid groups (broad SMARTS) is 1. The molecule has 3 rings (SSSR count). The van der Waals surface area contributed by atoms with Gasteiger partial charge in [0.2, 0.25) is 0 Å². The van der Waals surface area contributed by atoms with Crippen molar-refractivity contribution in [1.29, 1.82) is 0 Å². The number of benzene rings is 2. The van der Waals surface area contributed by atoms with Crippen LogP contribution >= 0.6 is 12.4 Å². The number of para-hydroxylation sites is 1. The van der Waals surface area contributed by atoms with Crippen LogP contribution in [0.15, 0.2) is 65.7 Å². The van der Waals surface area contributed by atoms with E-state index >= 15 is 0 Å². The number of nitrogens with zero attached hydrogens (tertiary/aromatic N) is 1. The number of aliphatic carboxylic acids is 1. The molecular formula is C27H34ClNO5. The van der Waals surface area contributed by atoms with Gasteiger partial charge in [-0.2, -0.15) is 0 Å². The zero-order valence-electron chi connectivity index (χ0n) is 19.9. The SMILES string of the molecule is CN(C)CC(COc1ccccc1CCc1ccccc1)OC(=O)C1=C(C(=O)O)CCCC1.Cl. The molecule has 2 aromatic carbocycles. The van der Waals surface area contributed by atoms with Crippen LogP contribution in [0.5, 0.6) is 5.75 Å². The fourth-order valence-corrected chi connectivity index (χ4v) is 4.08. The van der Waals surface area contributed by atoms with E-state index in [0.717, 1.165) is 37.0 Å². The summed E-state index contributed by atoms with van der Waals surface area (Å²) in [7, 11) is 3.80. The van der Waals surface area contributed by atoms with E-state index in [9.17, 15) is 14.7 Å². The first-order valence-electron chi connectivity index (χ1n) is 11.5. The third-order valence-electron chi connectivity index (χ3n) is 5.74. The molecule has 0 aromatic heterocycles. The Kier molecular flexibility index (Phi) is 11.1. The van der Waals surface area contributed by atoms with Gasteiger partial charge in [0.15, 0.2) is 0 Å². The predicted octanol–water partition coefficient (Wildman–Crippen LogP) is 4.70. The Bertz CT molecular complexity index is 974. The Morgan fingerprint density at radius 1 is 0.941 bits per heavy atom. The summed E-state index contributed by atoms with van der Waals surface area (Å²) in [6.45, 7) is 0.676. The molecule has 0 radical (unpaired) electrons. The van der Waals surface area contributed by atoms with E-state index in [0.29, 0.717) is 25.0 Å². The van der Waals surface area contributed by atoms with Crippen molar-refractivity contribution in [3.05, 3.63) is 76.9 Å². The van der Waals surface area contributed by atoms with Crippen molar-refractivity contribution < 1.29 is 24.2 Å². The third kappa shape index (κ3) is 8.19. The van der Waals surface area contributed by atoms with Crippen LogP contribution in [0.4, 0.5) is 0 Å². The minimum atomic E-state index is -1.03. The van der Waals surface area contributed by atoms with Gasteiger partial charge in [-0.25, -0.2) is 9.59 Å². The number of ether oxygens (including phenoxy) is 2. The number of hydrogen-bond donors (Lipinski definition) is 1. The second kappa shape index (κ2) is 13.8. The Morgan fingerprint density at radius 2 is 1.59 bits per heavy atom. The van der Waals surface area contributed by atoms with Crippen LogP contribution < -0.4 is 4.74 Å². The lowest BCUT2D eigenvalue weighted by atomic mass is 9.92. The molecule has 7 heteroatoms. The molecule has 0 heterocycles. The molecule has 0 saturated carbocycles. The highest BCUT2D eigenvalue weighted by Gasteiger charge is 2.27. The van der Waals surface area contributed by atoms with Crippen LogP contribution in [0.2, 0.25) is 0 Å². The minimum Gasteiger partial charge on any atom is -0.489 e. The highest BCUT2D eigenvalue weighted by molar-refractivity contribution is 5.99. The number of carbonyl (C=O) groups is 2. The van der Waals surface area contributed by atoms with E-state index in [4.69, 9.17) is 9.47 Å². The maximum Gasteiger partial charge on any atom is 0.334 e. The molecule has 1 aliphatic carbocycles. The summed E-state index contributed by atoms with van der Waals surface area (Å²) in [6, 6.07) is 18.2. The predicted molar refractivity (Wildman–Crippen MR) is 135 cm³/mol. The van der Waals surface area contributed by atoms with Gasteiger partial charge < -0.3 is 19.5 Å². The fourth-order valence-electron chi connectivity index (χ4n) is 4.08. The van der Waals surface area contributed by atoms with Crippen LogP contribution in [-0.2, 0) is 27.2 Å². The van der Waals surface area contributed by atoms with Crippen molar-refractivity contribution in [3.63, 3.8) is 0 Å². The number of aryl methyl sites for hydroxylation is 2. The normalized spacial score (nSPS) is 14.3. The molecule has 0 saturated heterocycles. The molecule has 1 N–H and O–H groups in total. The smallest absolute Gasteiger partial charge is 0.334 e. The van der Waals surface area contributed by atoms with Gasteiger partial charge in [0.1, 0.15) is 18.5 Å². The molecule has 1 atom stereocenters. The van der Waals surface area contributed by atoms with Gasteiger partial charge in [-0.15, -0.1) is 12.4 Å². The van der Waals surface area contributed by atoms with Gasteiger partial charge in [0.25, 0.3) is 0 Å². The molecule has 1 aliphatic rings. The molecule has 0 bridgehead atoms. The molecule has 0 aliphatic heterocycles. The quantitative estimate of drug-likeness (QED) is 0.463. The summed E-state index contributed by atoms with van der Waals surface area (Å²) in [6.07, 6.45) is 3.66. The molecule has 184 valence electrons. The molecule has 34 heavy (non-hydrogen) atoms. The van der Waals surface area contributed by atoms with E-state index < -0.39 is 18.0 Å². The lowest BCUT2D eigenvalue weighted by Gasteiger charge is -2.24. The summed E-state index contributed by atoms with van der Waals surface area (Å²) in [5.74, 6) is -0.800. The average molecular weight is 488 g/mol. The van der Waals surface area contributed by atoms with Gasteiger partial charge >= 0.3 is 11.9 Å². The minimum absolute atomic E-state index is 0. The second-order valence-electron chi connectivity index (χ2n) is 8.66. The Labute approximate surface area is 208 Å². The fraction of sp³-hybridized carbons (Fsp3) is 0.407. The molecule has 2 aromatic rings. The van der Waals surface area contributed by atoms with Crippen molar-refractivity contribution in [2.75, 3.05) is 27.2 Å². The number of rotatable bonds is 11. The first kappa shape index (κ1) is 27.4. The first-order valence-corrected chi connectivity index (χ1v) is 11.5. The Morgan fingerprint density at radius 3 is 2.26 bits per heavy atom. The van der Waals surface area contributed by atoms with E-state index in [1.807, 2.05) is 55.4 Å². The van der Waals surface area contributed by atoms with Crippen molar-refractivity contribution in [2.45, 2.75) is 44.6 Å². The number of esters is 1. The highest BCUT2D eigenvalue weighted by Crippen LogP contribution is 2.27. The van der Waals surface area contributed by atoms with Crippen LogP contribution in [0.3, 0.4) is 0 Å². The monoisotopic (exact) mass is 487 g/mol. The number of carbonyl (C=O) groups excluding carboxylic acids is 1. The van der Waals surface area contributed by atoms with Gasteiger partial charge in [0, 0.05) is 17.7 Å². The van der Waals surface area contributed by atoms with Crippen LogP contribution in [0.25, 0.3) is 0 Å². The Hall–Kier alpha value is -2.83. The molecule has 0 fully saturated rings.